The van der Waals surface area contributed by atoms with Gasteiger partial charge in [0.25, 0.3) is 0 Å². The van der Waals surface area contributed by atoms with Gasteiger partial charge in [-0.25, -0.2) is 0 Å². The van der Waals surface area contributed by atoms with Crippen LogP contribution >= 0.6 is 0 Å². The predicted molar refractivity (Wildman–Crippen MR) is 76.1 cm³/mol. The summed E-state index contributed by atoms with van der Waals surface area (Å²) in [4.78, 5) is 0. The van der Waals surface area contributed by atoms with E-state index in [-0.39, 0.29) is 0 Å². The number of hydrogen-bond donors (Lipinski definition) is 0. The molecule has 0 saturated heterocycles. The normalized spacial score (nSPS) is 8.62. The van der Waals surface area contributed by atoms with E-state index in [0.29, 0.717) is 0 Å². The molecule has 0 N–H and O–H groups in total. The Labute approximate surface area is 100 Å². The van der Waals surface area contributed by atoms with Crippen molar-refractivity contribution in [2.45, 2.75) is 41.5 Å². The molecule has 0 saturated carbocycles. The van der Waals surface area contributed by atoms with Gasteiger partial charge in [-0.05, 0) is 35.7 Å². The predicted octanol–water partition coefficient (Wildman–Crippen LogP) is 5.51. The van der Waals surface area contributed by atoms with Crippen LogP contribution in [0.5, 0.6) is 0 Å². The second kappa shape index (κ2) is 7.92. The highest BCUT2D eigenvalue weighted by Gasteiger charge is 1.97. The van der Waals surface area contributed by atoms with Crippen LogP contribution in [0.4, 0.5) is 0 Å². The summed E-state index contributed by atoms with van der Waals surface area (Å²) in [5, 5.41) is 2.75. The van der Waals surface area contributed by atoms with E-state index in [1.165, 1.54) is 21.9 Å². The summed E-state index contributed by atoms with van der Waals surface area (Å²) in [5.41, 5.74) is 2.72. The topological polar surface area (TPSA) is 0 Å². The summed E-state index contributed by atoms with van der Waals surface area (Å²) in [6, 6.07) is 12.9. The molecule has 0 aliphatic rings. The SMILES string of the molecule is CC.CC.Cc1ccc(C)c2ccccc12. The fraction of sp³-hybridized carbons (Fsp3) is 0.375. The van der Waals surface area contributed by atoms with Gasteiger partial charge in [0, 0.05) is 0 Å². The minimum absolute atomic E-state index is 1.36. The van der Waals surface area contributed by atoms with Crippen molar-refractivity contribution in [3.05, 3.63) is 47.5 Å². The van der Waals surface area contributed by atoms with Crippen LogP contribution < -0.4 is 0 Å². The maximum Gasteiger partial charge on any atom is -0.0152 e. The third-order valence-corrected chi connectivity index (χ3v) is 2.36. The van der Waals surface area contributed by atoms with E-state index < -0.39 is 0 Å². The van der Waals surface area contributed by atoms with Crippen LogP contribution in [-0.2, 0) is 0 Å². The molecule has 0 radical (unpaired) electrons. The molecule has 0 nitrogen and oxygen atoms in total. The van der Waals surface area contributed by atoms with E-state index in [4.69, 9.17) is 0 Å². The van der Waals surface area contributed by atoms with Gasteiger partial charge in [-0.3, -0.25) is 0 Å². The molecule has 0 unspecified atom stereocenters. The van der Waals surface area contributed by atoms with E-state index >= 15 is 0 Å². The molecular formula is C16H24. The molecule has 0 amide bonds. The van der Waals surface area contributed by atoms with Gasteiger partial charge in [0.15, 0.2) is 0 Å². The van der Waals surface area contributed by atoms with Gasteiger partial charge in [-0.15, -0.1) is 0 Å². The van der Waals surface area contributed by atoms with Crippen molar-refractivity contribution in [1.29, 1.82) is 0 Å². The van der Waals surface area contributed by atoms with Gasteiger partial charge < -0.3 is 0 Å². The Morgan fingerprint density at radius 1 is 0.562 bits per heavy atom. The van der Waals surface area contributed by atoms with Crippen molar-refractivity contribution in [3.8, 4) is 0 Å². The van der Waals surface area contributed by atoms with Crippen LogP contribution in [0.15, 0.2) is 36.4 Å². The van der Waals surface area contributed by atoms with E-state index in [1.807, 2.05) is 27.7 Å². The van der Waals surface area contributed by atoms with Crippen LogP contribution in [0.1, 0.15) is 38.8 Å². The summed E-state index contributed by atoms with van der Waals surface area (Å²) in [6.07, 6.45) is 0. The molecule has 0 bridgehead atoms. The molecule has 0 heteroatoms. The van der Waals surface area contributed by atoms with E-state index in [9.17, 15) is 0 Å². The van der Waals surface area contributed by atoms with E-state index in [0.717, 1.165) is 0 Å². The maximum atomic E-state index is 2.18. The van der Waals surface area contributed by atoms with Gasteiger partial charge in [-0.2, -0.15) is 0 Å². The Morgan fingerprint density at radius 2 is 0.875 bits per heavy atom. The minimum atomic E-state index is 1.36. The van der Waals surface area contributed by atoms with Crippen molar-refractivity contribution in [3.63, 3.8) is 0 Å². The quantitative estimate of drug-likeness (QED) is 0.544. The molecular weight excluding hydrogens is 192 g/mol. The lowest BCUT2D eigenvalue weighted by Crippen LogP contribution is -1.80. The summed E-state index contributed by atoms with van der Waals surface area (Å²) < 4.78 is 0. The van der Waals surface area contributed by atoms with Crippen molar-refractivity contribution in [2.75, 3.05) is 0 Å². The molecule has 0 aliphatic carbocycles. The standard InChI is InChI=1S/C12H12.2C2H6/c1-9-7-8-10(2)12-6-4-3-5-11(9)12;2*1-2/h3-8H,1-2H3;2*1-2H3. The molecule has 88 valence electrons. The van der Waals surface area contributed by atoms with Crippen molar-refractivity contribution >= 4 is 10.8 Å². The van der Waals surface area contributed by atoms with Crippen molar-refractivity contribution in [2.24, 2.45) is 0 Å². The van der Waals surface area contributed by atoms with Gasteiger partial charge in [0.05, 0.1) is 0 Å². The maximum absolute atomic E-state index is 2.18. The zero-order chi connectivity index (χ0) is 12.6. The Balaban J connectivity index is 0.000000509. The van der Waals surface area contributed by atoms with Crippen LogP contribution in [0.3, 0.4) is 0 Å². The fourth-order valence-corrected chi connectivity index (χ4v) is 1.60. The number of fused-ring (bicyclic) bond motifs is 1. The summed E-state index contributed by atoms with van der Waals surface area (Å²) in [6.45, 7) is 12.3. The van der Waals surface area contributed by atoms with E-state index in [1.54, 1.807) is 0 Å². The highest BCUT2D eigenvalue weighted by Crippen LogP contribution is 2.20. The average Bonchev–Trinajstić information content (AvgIpc) is 2.39. The molecule has 0 atom stereocenters. The van der Waals surface area contributed by atoms with Gasteiger partial charge in [0.2, 0.25) is 0 Å². The Bertz CT molecular complexity index is 373. The Kier molecular flexibility index (Phi) is 7.28. The van der Waals surface area contributed by atoms with Crippen LogP contribution in [0.2, 0.25) is 0 Å². The molecule has 0 aliphatic heterocycles. The van der Waals surface area contributed by atoms with Gasteiger partial charge in [-0.1, -0.05) is 64.1 Å². The second-order valence-electron chi connectivity index (χ2n) is 3.24. The zero-order valence-corrected chi connectivity index (χ0v) is 11.5. The lowest BCUT2D eigenvalue weighted by Gasteiger charge is -2.03. The van der Waals surface area contributed by atoms with E-state index in [2.05, 4.69) is 50.2 Å². The first-order valence-electron chi connectivity index (χ1n) is 6.24. The Morgan fingerprint density at radius 3 is 1.19 bits per heavy atom. The molecule has 0 spiro atoms. The largest absolute Gasteiger partial charge is 0.0683 e. The van der Waals surface area contributed by atoms with Crippen LogP contribution in [0, 0.1) is 13.8 Å². The van der Waals surface area contributed by atoms with Crippen LogP contribution in [-0.4, -0.2) is 0 Å². The first kappa shape index (κ1) is 14.7. The van der Waals surface area contributed by atoms with Crippen molar-refractivity contribution < 1.29 is 0 Å². The highest BCUT2D eigenvalue weighted by atomic mass is 14.0. The average molecular weight is 216 g/mol. The monoisotopic (exact) mass is 216 g/mol. The summed E-state index contributed by atoms with van der Waals surface area (Å²) in [5.74, 6) is 0. The number of rotatable bonds is 0. The number of aryl methyl sites for hydroxylation is 2. The van der Waals surface area contributed by atoms with Crippen molar-refractivity contribution in [1.82, 2.24) is 0 Å². The first-order valence-corrected chi connectivity index (χ1v) is 6.24. The molecule has 0 fully saturated rings. The molecule has 2 aromatic rings. The van der Waals surface area contributed by atoms with Gasteiger partial charge >= 0.3 is 0 Å². The molecule has 2 rings (SSSR count). The van der Waals surface area contributed by atoms with Crippen LogP contribution in [0.25, 0.3) is 10.8 Å². The zero-order valence-electron chi connectivity index (χ0n) is 11.5. The molecule has 0 aromatic heterocycles. The molecule has 0 heterocycles. The molecule has 2 aromatic carbocycles. The minimum Gasteiger partial charge on any atom is -0.0683 e. The fourth-order valence-electron chi connectivity index (χ4n) is 1.60. The Hall–Kier alpha value is -1.30. The highest BCUT2D eigenvalue weighted by molar-refractivity contribution is 5.88. The third-order valence-electron chi connectivity index (χ3n) is 2.36. The lowest BCUT2D eigenvalue weighted by atomic mass is 10.0. The summed E-state index contributed by atoms with van der Waals surface area (Å²) >= 11 is 0. The lowest BCUT2D eigenvalue weighted by molar-refractivity contribution is 1.46. The number of benzene rings is 2. The first-order chi connectivity index (χ1) is 7.79. The smallest absolute Gasteiger partial charge is 0.0152 e. The number of hydrogen-bond acceptors (Lipinski definition) is 0. The summed E-state index contributed by atoms with van der Waals surface area (Å²) in [7, 11) is 0. The molecule has 16 heavy (non-hydrogen) atoms. The third kappa shape index (κ3) is 3.37. The van der Waals surface area contributed by atoms with Gasteiger partial charge in [0.1, 0.15) is 0 Å². The second-order valence-corrected chi connectivity index (χ2v) is 3.24.